The van der Waals surface area contributed by atoms with Crippen molar-refractivity contribution < 1.29 is 28.6 Å². The topological polar surface area (TPSA) is 82.1 Å². The van der Waals surface area contributed by atoms with Crippen LogP contribution in [-0.4, -0.2) is 62.8 Å². The lowest BCUT2D eigenvalue weighted by Gasteiger charge is -2.56. The fourth-order valence-corrected chi connectivity index (χ4v) is 9.55. The molecule has 5 rings (SSSR count). The largest absolute Gasteiger partial charge is 0.465 e. The van der Waals surface area contributed by atoms with E-state index in [1.807, 2.05) is 0 Å². The van der Waals surface area contributed by atoms with Gasteiger partial charge in [-0.2, -0.15) is 0 Å². The second-order valence-electron chi connectivity index (χ2n) is 16.7. The monoisotopic (exact) mass is 698 g/mol. The molecule has 0 aromatic carbocycles. The average molecular weight is 698 g/mol. The first-order valence-corrected chi connectivity index (χ1v) is 20.8. The van der Waals surface area contributed by atoms with Crippen LogP contribution in [0.15, 0.2) is 24.3 Å². The van der Waals surface area contributed by atoms with E-state index < -0.39 is 0 Å². The SMILES string of the molecule is CCCCC/C=C\C/C=C\CCCCCCCCC(=O)OCC(COC(=O)CC12CC3CC(CC(C3)C1)C2)COC(=O)C1CCCN(C)CC1. The summed E-state index contributed by atoms with van der Waals surface area (Å²) in [6.45, 7) is 4.45. The van der Waals surface area contributed by atoms with Crippen LogP contribution in [0.25, 0.3) is 0 Å². The van der Waals surface area contributed by atoms with Gasteiger partial charge in [0.2, 0.25) is 0 Å². The van der Waals surface area contributed by atoms with Crippen molar-refractivity contribution in [2.75, 3.05) is 40.0 Å². The third-order valence-corrected chi connectivity index (χ3v) is 12.0. The summed E-state index contributed by atoms with van der Waals surface area (Å²) in [5, 5.41) is 0. The van der Waals surface area contributed by atoms with Gasteiger partial charge in [-0.1, -0.05) is 69.8 Å². The van der Waals surface area contributed by atoms with Crippen molar-refractivity contribution in [3.8, 4) is 0 Å². The van der Waals surface area contributed by atoms with E-state index in [1.54, 1.807) is 0 Å². The summed E-state index contributed by atoms with van der Waals surface area (Å²) in [4.78, 5) is 41.0. The molecule has 1 aliphatic heterocycles. The molecule has 0 radical (unpaired) electrons. The van der Waals surface area contributed by atoms with Gasteiger partial charge in [0, 0.05) is 6.42 Å². The number of likely N-dealkylation sites (tertiary alicyclic amines) is 1. The maximum absolute atomic E-state index is 13.2. The van der Waals surface area contributed by atoms with Gasteiger partial charge < -0.3 is 19.1 Å². The Bertz CT molecular complexity index is 1030. The van der Waals surface area contributed by atoms with Gasteiger partial charge in [-0.15, -0.1) is 0 Å². The molecule has 0 aromatic heterocycles. The van der Waals surface area contributed by atoms with Crippen LogP contribution in [0.3, 0.4) is 0 Å². The van der Waals surface area contributed by atoms with Crippen LogP contribution in [0.5, 0.6) is 0 Å². The first-order valence-electron chi connectivity index (χ1n) is 20.8. The second-order valence-corrected chi connectivity index (χ2v) is 16.7. The fraction of sp³-hybridized carbons (Fsp3) is 0.837. The fourth-order valence-electron chi connectivity index (χ4n) is 9.55. The van der Waals surface area contributed by atoms with Crippen molar-refractivity contribution in [3.05, 3.63) is 24.3 Å². The third-order valence-electron chi connectivity index (χ3n) is 12.0. The Morgan fingerprint density at radius 1 is 0.700 bits per heavy atom. The molecule has 4 bridgehead atoms. The van der Waals surface area contributed by atoms with Gasteiger partial charge in [0.05, 0.1) is 18.3 Å². The first kappa shape index (κ1) is 40.6. The summed E-state index contributed by atoms with van der Waals surface area (Å²) in [6.07, 6.45) is 34.1. The summed E-state index contributed by atoms with van der Waals surface area (Å²) in [7, 11) is 2.09. The zero-order valence-electron chi connectivity index (χ0n) is 31.9. The molecule has 5 fully saturated rings. The highest BCUT2D eigenvalue weighted by Crippen LogP contribution is 2.61. The zero-order valence-corrected chi connectivity index (χ0v) is 31.9. The van der Waals surface area contributed by atoms with E-state index >= 15 is 0 Å². The van der Waals surface area contributed by atoms with Crippen molar-refractivity contribution in [1.82, 2.24) is 4.90 Å². The highest BCUT2D eigenvalue weighted by Gasteiger charge is 2.51. The first-order chi connectivity index (χ1) is 24.3. The predicted molar refractivity (Wildman–Crippen MR) is 200 cm³/mol. The lowest BCUT2D eigenvalue weighted by molar-refractivity contribution is -0.158. The van der Waals surface area contributed by atoms with Gasteiger partial charge in [-0.05, 0) is 140 Å². The summed E-state index contributed by atoms with van der Waals surface area (Å²) in [5.74, 6) is 1.34. The maximum atomic E-state index is 13.2. The Morgan fingerprint density at radius 2 is 1.28 bits per heavy atom. The van der Waals surface area contributed by atoms with Crippen LogP contribution < -0.4 is 0 Å². The number of carbonyl (C=O) groups excluding carboxylic acids is 3. The van der Waals surface area contributed by atoms with Gasteiger partial charge in [0.1, 0.15) is 19.8 Å². The molecule has 50 heavy (non-hydrogen) atoms. The number of allylic oxidation sites excluding steroid dienone is 4. The minimum Gasteiger partial charge on any atom is -0.465 e. The molecule has 1 saturated heterocycles. The number of hydrogen-bond acceptors (Lipinski definition) is 7. The summed E-state index contributed by atoms with van der Waals surface area (Å²) >= 11 is 0. The Kier molecular flexibility index (Phi) is 18.5. The number of carbonyl (C=O) groups is 3. The Labute approximate surface area is 304 Å². The van der Waals surface area contributed by atoms with Gasteiger partial charge >= 0.3 is 17.9 Å². The minimum absolute atomic E-state index is 0.104. The van der Waals surface area contributed by atoms with E-state index in [0.29, 0.717) is 12.8 Å². The van der Waals surface area contributed by atoms with Crippen molar-refractivity contribution in [2.45, 2.75) is 155 Å². The van der Waals surface area contributed by atoms with E-state index in [9.17, 15) is 14.4 Å². The Morgan fingerprint density at radius 3 is 1.94 bits per heavy atom. The molecule has 284 valence electrons. The molecule has 0 aromatic rings. The molecule has 7 nitrogen and oxygen atoms in total. The number of esters is 3. The number of hydrogen-bond donors (Lipinski definition) is 0. The molecule has 0 N–H and O–H groups in total. The summed E-state index contributed by atoms with van der Waals surface area (Å²) in [5.41, 5.74) is 0.120. The molecule has 4 aliphatic carbocycles. The Hall–Kier alpha value is -2.15. The molecule has 2 atom stereocenters. The average Bonchev–Trinajstić information content (AvgIpc) is 3.31. The molecule has 5 aliphatic rings. The van der Waals surface area contributed by atoms with E-state index in [1.165, 1.54) is 83.5 Å². The molecule has 0 amide bonds. The van der Waals surface area contributed by atoms with Crippen LogP contribution in [0.1, 0.15) is 155 Å². The minimum atomic E-state index is -0.354. The van der Waals surface area contributed by atoms with Crippen molar-refractivity contribution >= 4 is 17.9 Å². The van der Waals surface area contributed by atoms with E-state index in [-0.39, 0.29) is 55.0 Å². The zero-order chi connectivity index (χ0) is 35.4. The van der Waals surface area contributed by atoms with E-state index in [0.717, 1.165) is 82.2 Å². The van der Waals surface area contributed by atoms with Gasteiger partial charge in [-0.3, -0.25) is 14.4 Å². The quantitative estimate of drug-likeness (QED) is 0.0430. The standard InChI is InChI=1S/C43H71NO6/c1-3-4-5-6-7-8-9-10-11-12-13-14-15-16-17-18-21-40(45)48-32-38(34-50-42(47)39-20-19-23-44(2)24-22-39)33-49-41(46)31-43-28-35-25-36(29-43)27-37(26-35)30-43/h7-8,10-11,35-39H,3-6,9,12-34H2,1-2H3/b8-7-,11-10-. The number of unbranched alkanes of at least 4 members (excludes halogenated alkanes) is 9. The number of rotatable bonds is 24. The highest BCUT2D eigenvalue weighted by atomic mass is 16.6. The van der Waals surface area contributed by atoms with Crippen LogP contribution in [-0.2, 0) is 28.6 Å². The van der Waals surface area contributed by atoms with Crippen molar-refractivity contribution in [1.29, 1.82) is 0 Å². The Balaban J connectivity index is 1.10. The number of ether oxygens (including phenoxy) is 3. The summed E-state index contributed by atoms with van der Waals surface area (Å²) in [6, 6.07) is 0. The van der Waals surface area contributed by atoms with Gasteiger partial charge in [0.15, 0.2) is 0 Å². The second kappa shape index (κ2) is 22.7. The van der Waals surface area contributed by atoms with Gasteiger partial charge in [0.25, 0.3) is 0 Å². The lowest BCUT2D eigenvalue weighted by Crippen LogP contribution is -2.47. The summed E-state index contributed by atoms with van der Waals surface area (Å²) < 4.78 is 17.3. The van der Waals surface area contributed by atoms with Crippen molar-refractivity contribution in [3.63, 3.8) is 0 Å². The van der Waals surface area contributed by atoms with Crippen molar-refractivity contribution in [2.24, 2.45) is 35.0 Å². The van der Waals surface area contributed by atoms with Crippen LogP contribution in [0, 0.1) is 35.0 Å². The normalized spacial score (nSPS) is 27.1. The van der Waals surface area contributed by atoms with Crippen LogP contribution in [0.4, 0.5) is 0 Å². The van der Waals surface area contributed by atoms with Crippen LogP contribution >= 0.6 is 0 Å². The molecular weight excluding hydrogens is 626 g/mol. The molecule has 1 heterocycles. The molecule has 2 unspecified atom stereocenters. The van der Waals surface area contributed by atoms with E-state index in [2.05, 4.69) is 43.2 Å². The lowest BCUT2D eigenvalue weighted by atomic mass is 9.49. The molecular formula is C43H71NO6. The van der Waals surface area contributed by atoms with Crippen LogP contribution in [0.2, 0.25) is 0 Å². The third kappa shape index (κ3) is 15.2. The molecule has 4 saturated carbocycles. The van der Waals surface area contributed by atoms with Gasteiger partial charge in [-0.25, -0.2) is 0 Å². The smallest absolute Gasteiger partial charge is 0.308 e. The molecule has 0 spiro atoms. The highest BCUT2D eigenvalue weighted by molar-refractivity contribution is 5.72. The van der Waals surface area contributed by atoms with E-state index in [4.69, 9.17) is 14.2 Å². The predicted octanol–water partition coefficient (Wildman–Crippen LogP) is 9.77. The molecule has 7 heteroatoms. The maximum Gasteiger partial charge on any atom is 0.308 e. The number of nitrogens with zero attached hydrogens (tertiary/aromatic N) is 1.